The molecule has 0 bridgehead atoms. The Balaban J connectivity index is 2.11. The van der Waals surface area contributed by atoms with Crippen molar-refractivity contribution in [2.45, 2.75) is 45.6 Å². The first-order chi connectivity index (χ1) is 9.65. The van der Waals surface area contributed by atoms with Crippen LogP contribution in [0.3, 0.4) is 0 Å². The maximum Gasteiger partial charge on any atom is 0.307 e. The minimum Gasteiger partial charge on any atom is -0.460 e. The van der Waals surface area contributed by atoms with Crippen molar-refractivity contribution in [2.24, 2.45) is 17.3 Å². The molecule has 1 saturated carbocycles. The normalized spacial score (nSPS) is 31.1. The molecule has 6 heteroatoms. The summed E-state index contributed by atoms with van der Waals surface area (Å²) in [4.78, 5) is 22.8. The average Bonchev–Trinajstić information content (AvgIpc) is 2.63. The van der Waals surface area contributed by atoms with E-state index in [2.05, 4.69) is 6.08 Å². The molecule has 0 radical (unpaired) electrons. The van der Waals surface area contributed by atoms with Crippen LogP contribution >= 0.6 is 11.6 Å². The highest BCUT2D eigenvalue weighted by molar-refractivity contribution is 6.19. The second kappa shape index (κ2) is 5.59. The summed E-state index contributed by atoms with van der Waals surface area (Å²) in [5.74, 6) is 0.606. The number of rotatable bonds is 5. The molecular formula is C15H22ClNO4. The van der Waals surface area contributed by atoms with Gasteiger partial charge in [0.1, 0.15) is 5.60 Å². The first kappa shape index (κ1) is 16.3. The summed E-state index contributed by atoms with van der Waals surface area (Å²) in [6.45, 7) is 5.22. The van der Waals surface area contributed by atoms with Crippen molar-refractivity contribution in [3.8, 4) is 0 Å². The molecule has 1 fully saturated rings. The molecule has 0 aromatic rings. The van der Waals surface area contributed by atoms with E-state index >= 15 is 0 Å². The summed E-state index contributed by atoms with van der Waals surface area (Å²) in [5.41, 5.74) is -0.0197. The molecule has 0 heterocycles. The Hall–Kier alpha value is -1.10. The molecule has 0 unspecified atom stereocenters. The number of carbonyl (C=O) groups excluding carboxylic acids is 1. The quantitative estimate of drug-likeness (QED) is 0.257. The summed E-state index contributed by atoms with van der Waals surface area (Å²) in [5, 5.41) is 11.0. The Morgan fingerprint density at radius 3 is 2.76 bits per heavy atom. The molecule has 21 heavy (non-hydrogen) atoms. The standard InChI is InChI=1S/C15H22ClNO4/c1-14(2,3)21-13(18)7-15(9-17(19)20)6-11-4-10(8-16)5-12(11)15/h5,11-12H,4,6-9H2,1-3H3/t11-,12+,15+/m1/s1. The van der Waals surface area contributed by atoms with Crippen molar-refractivity contribution >= 4 is 17.6 Å². The lowest BCUT2D eigenvalue weighted by molar-refractivity contribution is -0.506. The van der Waals surface area contributed by atoms with Crippen LogP contribution in [0, 0.1) is 27.4 Å². The van der Waals surface area contributed by atoms with Gasteiger partial charge in [-0.2, -0.15) is 0 Å². The van der Waals surface area contributed by atoms with Crippen LogP contribution in [-0.2, 0) is 9.53 Å². The number of allylic oxidation sites excluding steroid dienone is 2. The smallest absolute Gasteiger partial charge is 0.307 e. The summed E-state index contributed by atoms with van der Waals surface area (Å²) in [6.07, 6.45) is 3.77. The zero-order chi connectivity index (χ0) is 15.8. The summed E-state index contributed by atoms with van der Waals surface area (Å²) < 4.78 is 5.34. The Morgan fingerprint density at radius 1 is 1.57 bits per heavy atom. The zero-order valence-electron chi connectivity index (χ0n) is 12.7. The Bertz CT molecular complexity index is 483. The van der Waals surface area contributed by atoms with E-state index in [9.17, 15) is 14.9 Å². The van der Waals surface area contributed by atoms with E-state index in [0.717, 1.165) is 12.0 Å². The molecule has 3 atom stereocenters. The van der Waals surface area contributed by atoms with Crippen LogP contribution in [0.2, 0.25) is 0 Å². The Kier molecular flexibility index (Phi) is 4.34. The molecule has 2 rings (SSSR count). The van der Waals surface area contributed by atoms with E-state index < -0.39 is 11.0 Å². The van der Waals surface area contributed by atoms with E-state index in [1.807, 2.05) is 0 Å². The molecule has 0 saturated heterocycles. The van der Waals surface area contributed by atoms with E-state index in [0.29, 0.717) is 18.2 Å². The molecule has 5 nitrogen and oxygen atoms in total. The van der Waals surface area contributed by atoms with Gasteiger partial charge in [-0.1, -0.05) is 11.6 Å². The Morgan fingerprint density at radius 2 is 2.24 bits per heavy atom. The van der Waals surface area contributed by atoms with Gasteiger partial charge in [-0.15, -0.1) is 11.6 Å². The highest BCUT2D eigenvalue weighted by Crippen LogP contribution is 2.60. The predicted molar refractivity (Wildman–Crippen MR) is 79.8 cm³/mol. The fourth-order valence-electron chi connectivity index (χ4n) is 3.73. The van der Waals surface area contributed by atoms with Crippen LogP contribution in [0.25, 0.3) is 0 Å². The highest BCUT2D eigenvalue weighted by atomic mass is 35.5. The van der Waals surface area contributed by atoms with E-state index in [1.54, 1.807) is 20.8 Å². The van der Waals surface area contributed by atoms with Crippen LogP contribution in [0.5, 0.6) is 0 Å². The van der Waals surface area contributed by atoms with Crippen molar-refractivity contribution in [1.29, 1.82) is 0 Å². The lowest BCUT2D eigenvalue weighted by Gasteiger charge is -2.49. The van der Waals surface area contributed by atoms with Gasteiger partial charge < -0.3 is 4.74 Å². The topological polar surface area (TPSA) is 69.4 Å². The number of hydrogen-bond acceptors (Lipinski definition) is 4. The first-order valence-corrected chi connectivity index (χ1v) is 7.78. The summed E-state index contributed by atoms with van der Waals surface area (Å²) in [7, 11) is 0. The number of carbonyl (C=O) groups is 1. The number of nitrogens with zero attached hydrogens (tertiary/aromatic N) is 1. The molecule has 0 aliphatic heterocycles. The molecule has 0 spiro atoms. The third-order valence-electron chi connectivity index (χ3n) is 4.36. The molecular weight excluding hydrogens is 294 g/mol. The second-order valence-electron chi connectivity index (χ2n) is 7.27. The van der Waals surface area contributed by atoms with Gasteiger partial charge >= 0.3 is 5.97 Å². The zero-order valence-corrected chi connectivity index (χ0v) is 13.5. The predicted octanol–water partition coefficient (Wildman–Crippen LogP) is 3.19. The molecule has 0 N–H and O–H groups in total. The van der Waals surface area contributed by atoms with Gasteiger partial charge in [0.2, 0.25) is 6.54 Å². The highest BCUT2D eigenvalue weighted by Gasteiger charge is 2.59. The van der Waals surface area contributed by atoms with Crippen LogP contribution in [-0.4, -0.2) is 28.9 Å². The van der Waals surface area contributed by atoms with Crippen molar-refractivity contribution in [3.05, 3.63) is 21.8 Å². The fraction of sp³-hybridized carbons (Fsp3) is 0.800. The van der Waals surface area contributed by atoms with Gasteiger partial charge in [-0.05, 0) is 45.4 Å². The number of nitro groups is 1. The van der Waals surface area contributed by atoms with Crippen LogP contribution in [0.4, 0.5) is 0 Å². The monoisotopic (exact) mass is 315 g/mol. The van der Waals surface area contributed by atoms with Crippen LogP contribution in [0.15, 0.2) is 11.6 Å². The van der Waals surface area contributed by atoms with Gasteiger partial charge in [0, 0.05) is 10.8 Å². The fourth-order valence-corrected chi connectivity index (χ4v) is 3.93. The number of fused-ring (bicyclic) bond motifs is 1. The lowest BCUT2D eigenvalue weighted by Crippen LogP contribution is -2.51. The first-order valence-electron chi connectivity index (χ1n) is 7.24. The van der Waals surface area contributed by atoms with Crippen LogP contribution in [0.1, 0.15) is 40.0 Å². The van der Waals surface area contributed by atoms with Gasteiger partial charge in [-0.3, -0.25) is 14.9 Å². The number of halogens is 1. The number of esters is 1. The minimum atomic E-state index is -0.593. The van der Waals surface area contributed by atoms with Gasteiger partial charge in [0.25, 0.3) is 0 Å². The lowest BCUT2D eigenvalue weighted by atomic mass is 9.53. The summed E-state index contributed by atoms with van der Waals surface area (Å²) in [6, 6.07) is 0. The summed E-state index contributed by atoms with van der Waals surface area (Å²) >= 11 is 5.86. The molecule has 2 aliphatic carbocycles. The minimum absolute atomic E-state index is 0.0872. The van der Waals surface area contributed by atoms with Crippen LogP contribution < -0.4 is 0 Å². The van der Waals surface area contributed by atoms with E-state index in [-0.39, 0.29) is 29.8 Å². The largest absolute Gasteiger partial charge is 0.460 e. The third-order valence-corrected chi connectivity index (χ3v) is 4.70. The van der Waals surface area contributed by atoms with Gasteiger partial charge in [0.05, 0.1) is 11.8 Å². The number of hydrogen-bond donors (Lipinski definition) is 0. The van der Waals surface area contributed by atoms with E-state index in [1.165, 1.54) is 0 Å². The molecule has 0 aromatic heterocycles. The third kappa shape index (κ3) is 3.57. The van der Waals surface area contributed by atoms with Crippen molar-refractivity contribution in [2.75, 3.05) is 12.4 Å². The van der Waals surface area contributed by atoms with Gasteiger partial charge in [-0.25, -0.2) is 0 Å². The SMILES string of the molecule is CC(C)(C)OC(=O)C[C@]1(C[N+](=O)[O-])C[C@H]2CC(CCl)=C[C@@H]21. The molecule has 0 aromatic carbocycles. The van der Waals surface area contributed by atoms with Gasteiger partial charge in [0.15, 0.2) is 0 Å². The van der Waals surface area contributed by atoms with Crippen molar-refractivity contribution < 1.29 is 14.5 Å². The molecule has 118 valence electrons. The maximum absolute atomic E-state index is 12.1. The number of ether oxygens (including phenoxy) is 1. The molecule has 2 aliphatic rings. The van der Waals surface area contributed by atoms with E-state index in [4.69, 9.17) is 16.3 Å². The van der Waals surface area contributed by atoms with Crippen molar-refractivity contribution in [1.82, 2.24) is 0 Å². The van der Waals surface area contributed by atoms with Crippen molar-refractivity contribution in [3.63, 3.8) is 0 Å². The Labute approximate surface area is 129 Å². The number of alkyl halides is 1. The maximum atomic E-state index is 12.1. The molecule has 0 amide bonds. The average molecular weight is 316 g/mol. The second-order valence-corrected chi connectivity index (χ2v) is 7.54.